The Morgan fingerprint density at radius 2 is 2.04 bits per heavy atom. The van der Waals surface area contributed by atoms with Gasteiger partial charge in [-0.2, -0.15) is 5.11 Å². The lowest BCUT2D eigenvalue weighted by Crippen LogP contribution is -2.18. The molecular weight excluding hydrogens is 306 g/mol. The van der Waals surface area contributed by atoms with Gasteiger partial charge in [-0.3, -0.25) is 4.79 Å². The van der Waals surface area contributed by atoms with Crippen LogP contribution in [0, 0.1) is 5.92 Å². The van der Waals surface area contributed by atoms with E-state index in [-0.39, 0.29) is 16.9 Å². The third-order valence-corrected chi connectivity index (χ3v) is 4.06. The number of pyridine rings is 1. The Morgan fingerprint density at radius 1 is 1.29 bits per heavy atom. The van der Waals surface area contributed by atoms with E-state index in [0.29, 0.717) is 29.5 Å². The van der Waals surface area contributed by atoms with Crippen LogP contribution in [0.5, 0.6) is 5.75 Å². The van der Waals surface area contributed by atoms with Crippen molar-refractivity contribution in [2.45, 2.75) is 12.8 Å². The van der Waals surface area contributed by atoms with E-state index in [4.69, 9.17) is 16.2 Å². The minimum atomic E-state index is -0.300. The van der Waals surface area contributed by atoms with Gasteiger partial charge in [0.2, 0.25) is 0 Å². The predicted octanol–water partition coefficient (Wildman–Crippen LogP) is 2.72. The molecule has 0 amide bonds. The second kappa shape index (κ2) is 6.35. The highest BCUT2D eigenvalue weighted by atomic mass is 16.5. The van der Waals surface area contributed by atoms with Crippen LogP contribution in [0.2, 0.25) is 0 Å². The smallest absolute Gasteiger partial charge is 0.280 e. The monoisotopic (exact) mass is 327 g/mol. The number of ether oxygens (including phenoxy) is 1. The maximum absolute atomic E-state index is 12.2. The highest BCUT2D eigenvalue weighted by Gasteiger charge is 2.23. The van der Waals surface area contributed by atoms with Crippen molar-refractivity contribution in [2.24, 2.45) is 23.2 Å². The van der Waals surface area contributed by atoms with Crippen molar-refractivity contribution in [1.82, 2.24) is 4.57 Å². The number of nitrogens with two attached hydrogens (primary N) is 2. The molecule has 126 valence electrons. The van der Waals surface area contributed by atoms with Crippen molar-refractivity contribution in [3.05, 3.63) is 34.7 Å². The van der Waals surface area contributed by atoms with E-state index in [1.165, 1.54) is 24.5 Å². The first-order valence-corrected chi connectivity index (χ1v) is 7.83. The summed E-state index contributed by atoms with van der Waals surface area (Å²) in [4.78, 5) is 12.2. The number of aromatic nitrogens is 1. The van der Waals surface area contributed by atoms with Crippen LogP contribution in [-0.4, -0.2) is 18.2 Å². The van der Waals surface area contributed by atoms with Crippen molar-refractivity contribution in [2.75, 3.05) is 25.1 Å². The third-order valence-electron chi connectivity index (χ3n) is 4.06. The Balaban J connectivity index is 2.13. The molecule has 1 heterocycles. The highest BCUT2D eigenvalue weighted by molar-refractivity contribution is 5.87. The first kappa shape index (κ1) is 16.0. The minimum Gasteiger partial charge on any atom is -0.493 e. The number of benzene rings is 1. The summed E-state index contributed by atoms with van der Waals surface area (Å²) in [6.07, 6.45) is 4.08. The SMILES string of the molecule is CN=Nc1c(N)c(-c2cc(N)ccc2OCC2CC2)cn(C)c1=O. The largest absolute Gasteiger partial charge is 0.493 e. The van der Waals surface area contributed by atoms with E-state index in [9.17, 15) is 4.79 Å². The van der Waals surface area contributed by atoms with Crippen molar-refractivity contribution >= 4 is 17.1 Å². The van der Waals surface area contributed by atoms with Gasteiger partial charge in [-0.25, -0.2) is 0 Å². The molecule has 0 atom stereocenters. The molecule has 0 unspecified atom stereocenters. The van der Waals surface area contributed by atoms with E-state index < -0.39 is 0 Å². The van der Waals surface area contributed by atoms with Crippen LogP contribution in [0.4, 0.5) is 17.1 Å². The van der Waals surface area contributed by atoms with Crippen LogP contribution >= 0.6 is 0 Å². The number of aryl methyl sites for hydroxylation is 1. The molecule has 1 aromatic heterocycles. The Kier molecular flexibility index (Phi) is 4.24. The van der Waals surface area contributed by atoms with Crippen LogP contribution in [0.25, 0.3) is 11.1 Å². The maximum Gasteiger partial charge on any atom is 0.280 e. The molecule has 3 rings (SSSR count). The number of hydrogen-bond acceptors (Lipinski definition) is 6. The normalized spacial score (nSPS) is 14.2. The van der Waals surface area contributed by atoms with Gasteiger partial charge in [0, 0.05) is 37.1 Å². The molecule has 1 saturated carbocycles. The molecule has 0 radical (unpaired) electrons. The summed E-state index contributed by atoms with van der Waals surface area (Å²) in [7, 11) is 3.15. The summed E-state index contributed by atoms with van der Waals surface area (Å²) in [6, 6.07) is 5.42. The molecule has 0 bridgehead atoms. The molecule has 1 aromatic carbocycles. The average Bonchev–Trinajstić information content (AvgIpc) is 3.38. The zero-order valence-electron chi connectivity index (χ0n) is 13.8. The summed E-state index contributed by atoms with van der Waals surface area (Å²) in [5, 5.41) is 7.57. The molecule has 0 spiro atoms. The number of rotatable bonds is 5. The van der Waals surface area contributed by atoms with Gasteiger partial charge in [-0.05, 0) is 37.0 Å². The Bertz CT molecular complexity index is 853. The van der Waals surface area contributed by atoms with Crippen molar-refractivity contribution in [1.29, 1.82) is 0 Å². The van der Waals surface area contributed by atoms with E-state index >= 15 is 0 Å². The standard InChI is InChI=1S/C17H21N5O2/c1-20-21-16-15(19)13(8-22(2)17(16)23)12-7-11(18)5-6-14(12)24-9-10-3-4-10/h5-8,10H,3-4,9,18-19H2,1-2H3. The van der Waals surface area contributed by atoms with Crippen molar-refractivity contribution in [3.63, 3.8) is 0 Å². The Morgan fingerprint density at radius 3 is 2.71 bits per heavy atom. The molecule has 7 heteroatoms. The van der Waals surface area contributed by atoms with Crippen LogP contribution in [0.1, 0.15) is 12.8 Å². The van der Waals surface area contributed by atoms with E-state index in [2.05, 4.69) is 10.2 Å². The second-order valence-electron chi connectivity index (χ2n) is 6.03. The van der Waals surface area contributed by atoms with Gasteiger partial charge in [-0.1, -0.05) is 0 Å². The second-order valence-corrected chi connectivity index (χ2v) is 6.03. The number of nitrogen functional groups attached to an aromatic ring is 2. The first-order chi connectivity index (χ1) is 11.5. The molecule has 1 aliphatic rings. The topological polar surface area (TPSA) is 108 Å². The third kappa shape index (κ3) is 3.10. The molecule has 1 aliphatic carbocycles. The fourth-order valence-corrected chi connectivity index (χ4v) is 2.52. The number of nitrogens with zero attached hydrogens (tertiary/aromatic N) is 3. The summed E-state index contributed by atoms with van der Waals surface area (Å²) in [5.41, 5.74) is 14.2. The van der Waals surface area contributed by atoms with Crippen LogP contribution in [-0.2, 0) is 7.05 Å². The quantitative estimate of drug-likeness (QED) is 0.650. The average molecular weight is 327 g/mol. The lowest BCUT2D eigenvalue weighted by Gasteiger charge is -2.15. The van der Waals surface area contributed by atoms with Crippen LogP contribution in [0.3, 0.4) is 0 Å². The van der Waals surface area contributed by atoms with Gasteiger partial charge in [-0.15, -0.1) is 5.11 Å². The fourth-order valence-electron chi connectivity index (χ4n) is 2.52. The number of azo groups is 1. The zero-order valence-corrected chi connectivity index (χ0v) is 13.8. The lowest BCUT2D eigenvalue weighted by atomic mass is 10.0. The summed E-state index contributed by atoms with van der Waals surface area (Å²) in [6.45, 7) is 0.671. The molecule has 0 aliphatic heterocycles. The van der Waals surface area contributed by atoms with Crippen LogP contribution in [0.15, 0.2) is 39.4 Å². The molecule has 4 N–H and O–H groups in total. The number of anilines is 2. The molecule has 0 saturated heterocycles. The van der Waals surface area contributed by atoms with E-state index in [1.807, 2.05) is 6.07 Å². The summed E-state index contributed by atoms with van der Waals surface area (Å²) >= 11 is 0. The van der Waals surface area contributed by atoms with Gasteiger partial charge in [0.05, 0.1) is 12.3 Å². The zero-order chi connectivity index (χ0) is 17.3. The van der Waals surface area contributed by atoms with Crippen molar-refractivity contribution in [3.8, 4) is 16.9 Å². The maximum atomic E-state index is 12.2. The van der Waals surface area contributed by atoms with E-state index in [1.54, 1.807) is 25.4 Å². The molecule has 24 heavy (non-hydrogen) atoms. The molecule has 7 nitrogen and oxygen atoms in total. The van der Waals surface area contributed by atoms with E-state index in [0.717, 1.165) is 5.56 Å². The minimum absolute atomic E-state index is 0.119. The summed E-state index contributed by atoms with van der Waals surface area (Å²) < 4.78 is 7.38. The van der Waals surface area contributed by atoms with Gasteiger partial charge in [0.25, 0.3) is 5.56 Å². The van der Waals surface area contributed by atoms with Gasteiger partial charge < -0.3 is 20.8 Å². The number of hydrogen-bond donors (Lipinski definition) is 2. The van der Waals surface area contributed by atoms with Gasteiger partial charge in [0.1, 0.15) is 5.75 Å². The molecule has 2 aromatic rings. The van der Waals surface area contributed by atoms with Crippen molar-refractivity contribution < 1.29 is 4.74 Å². The van der Waals surface area contributed by atoms with Gasteiger partial charge >= 0.3 is 0 Å². The van der Waals surface area contributed by atoms with Crippen LogP contribution < -0.4 is 21.8 Å². The first-order valence-electron chi connectivity index (χ1n) is 7.83. The molecular formula is C17H21N5O2. The fraction of sp³-hybridized carbons (Fsp3) is 0.353. The molecule has 1 fully saturated rings. The Hall–Kier alpha value is -2.83. The predicted molar refractivity (Wildman–Crippen MR) is 94.6 cm³/mol. The summed E-state index contributed by atoms with van der Waals surface area (Å²) in [5.74, 6) is 1.32. The van der Waals surface area contributed by atoms with Gasteiger partial charge in [0.15, 0.2) is 5.69 Å². The lowest BCUT2D eigenvalue weighted by molar-refractivity contribution is 0.301. The highest BCUT2D eigenvalue weighted by Crippen LogP contribution is 2.39. The Labute approximate surface area is 140 Å².